The zero-order valence-corrected chi connectivity index (χ0v) is 22.0. The molecule has 0 unspecified atom stereocenters. The Morgan fingerprint density at radius 3 is 2.54 bits per heavy atom. The minimum Gasteiger partial charge on any atom is -0.493 e. The average Bonchev–Trinajstić information content (AvgIpc) is 2.93. The van der Waals surface area contributed by atoms with Gasteiger partial charge in [0, 0.05) is 70.6 Å². The van der Waals surface area contributed by atoms with Crippen LogP contribution in [0.5, 0.6) is 5.75 Å². The number of hydrogen-bond donors (Lipinski definition) is 1. The molecule has 2 aliphatic rings. The molecule has 0 bridgehead atoms. The van der Waals surface area contributed by atoms with Crippen LogP contribution in [0, 0.1) is 0 Å². The van der Waals surface area contributed by atoms with Gasteiger partial charge in [0.25, 0.3) is 5.91 Å². The number of amides is 2. The normalized spacial score (nSPS) is 18.5. The van der Waals surface area contributed by atoms with Gasteiger partial charge in [0.05, 0.1) is 19.8 Å². The Kier molecular flexibility index (Phi) is 10.3. The lowest BCUT2D eigenvalue weighted by Gasteiger charge is -2.35. The Labute approximate surface area is 220 Å². The topological polar surface area (TPSA) is 74.4 Å². The molecule has 0 aromatic heterocycles. The average molecular weight is 509 g/mol. The predicted molar refractivity (Wildman–Crippen MR) is 144 cm³/mol. The second-order valence-electron chi connectivity index (χ2n) is 9.80. The van der Waals surface area contributed by atoms with Crippen LogP contribution in [-0.4, -0.2) is 92.7 Å². The molecule has 0 aliphatic carbocycles. The standard InChI is InChI=1S/C29H40N4O4/c1-36-20-18-31-14-16-33(17-15-31)29(35)25-11-8-12-27-26(25)22-32(21-24-9-4-2-5-10-24)23-28(34)30-13-6-3-7-19-37-27/h2,4-5,8-12H,3,6-7,13-23H2,1H3,(H,30,34). The Morgan fingerprint density at radius 2 is 1.76 bits per heavy atom. The molecular weight excluding hydrogens is 468 g/mol. The summed E-state index contributed by atoms with van der Waals surface area (Å²) in [7, 11) is 1.71. The monoisotopic (exact) mass is 508 g/mol. The first-order chi connectivity index (χ1) is 18.1. The van der Waals surface area contributed by atoms with Crippen molar-refractivity contribution in [3.8, 4) is 5.75 Å². The molecule has 2 aromatic rings. The van der Waals surface area contributed by atoms with Crippen molar-refractivity contribution >= 4 is 11.8 Å². The van der Waals surface area contributed by atoms with Crippen LogP contribution in [0.15, 0.2) is 48.5 Å². The van der Waals surface area contributed by atoms with Gasteiger partial charge in [-0.2, -0.15) is 0 Å². The molecule has 0 radical (unpaired) electrons. The van der Waals surface area contributed by atoms with Crippen LogP contribution in [0.4, 0.5) is 0 Å². The molecule has 1 saturated heterocycles. The van der Waals surface area contributed by atoms with Crippen molar-refractivity contribution in [2.24, 2.45) is 0 Å². The van der Waals surface area contributed by atoms with Crippen molar-refractivity contribution < 1.29 is 19.1 Å². The number of hydrogen-bond acceptors (Lipinski definition) is 6. The van der Waals surface area contributed by atoms with Gasteiger partial charge in [-0.3, -0.25) is 19.4 Å². The van der Waals surface area contributed by atoms with E-state index in [4.69, 9.17) is 9.47 Å². The summed E-state index contributed by atoms with van der Waals surface area (Å²) in [4.78, 5) is 32.9. The minimum atomic E-state index is 0.00800. The van der Waals surface area contributed by atoms with Gasteiger partial charge in [-0.25, -0.2) is 0 Å². The maximum absolute atomic E-state index is 13.8. The van der Waals surface area contributed by atoms with Crippen LogP contribution in [0.25, 0.3) is 0 Å². The third kappa shape index (κ3) is 8.02. The maximum atomic E-state index is 13.8. The van der Waals surface area contributed by atoms with Crippen molar-refractivity contribution in [2.45, 2.75) is 32.4 Å². The molecule has 37 heavy (non-hydrogen) atoms. The van der Waals surface area contributed by atoms with E-state index in [1.54, 1.807) is 7.11 Å². The molecule has 8 nitrogen and oxygen atoms in total. The fraction of sp³-hybridized carbons (Fsp3) is 0.517. The molecular formula is C29H40N4O4. The number of nitrogens with zero attached hydrogens (tertiary/aromatic N) is 3. The molecule has 200 valence electrons. The molecule has 2 heterocycles. The van der Waals surface area contributed by atoms with Crippen molar-refractivity contribution in [3.63, 3.8) is 0 Å². The van der Waals surface area contributed by atoms with Crippen LogP contribution in [0.3, 0.4) is 0 Å². The molecule has 0 atom stereocenters. The quantitative estimate of drug-likeness (QED) is 0.647. The summed E-state index contributed by atoms with van der Waals surface area (Å²) in [5.74, 6) is 0.774. The van der Waals surface area contributed by atoms with E-state index in [0.717, 1.165) is 55.8 Å². The molecule has 4 rings (SSSR count). The van der Waals surface area contributed by atoms with Gasteiger partial charge in [0.15, 0.2) is 0 Å². The Hall–Kier alpha value is -2.94. The highest BCUT2D eigenvalue weighted by molar-refractivity contribution is 5.96. The summed E-state index contributed by atoms with van der Waals surface area (Å²) >= 11 is 0. The summed E-state index contributed by atoms with van der Waals surface area (Å²) in [6, 6.07) is 15.9. The van der Waals surface area contributed by atoms with Gasteiger partial charge in [-0.05, 0) is 37.0 Å². The molecule has 1 N–H and O–H groups in total. The maximum Gasteiger partial charge on any atom is 0.254 e. The van der Waals surface area contributed by atoms with E-state index in [2.05, 4.69) is 27.2 Å². The number of fused-ring (bicyclic) bond motifs is 1. The first kappa shape index (κ1) is 27.1. The van der Waals surface area contributed by atoms with Crippen LogP contribution < -0.4 is 10.1 Å². The lowest BCUT2D eigenvalue weighted by atomic mass is 10.0. The lowest BCUT2D eigenvalue weighted by molar-refractivity contribution is -0.122. The second kappa shape index (κ2) is 14.1. The summed E-state index contributed by atoms with van der Waals surface area (Å²) in [6.45, 7) is 7.19. The highest BCUT2D eigenvalue weighted by Crippen LogP contribution is 2.27. The first-order valence-corrected chi connectivity index (χ1v) is 13.4. The molecule has 8 heteroatoms. The van der Waals surface area contributed by atoms with E-state index in [1.165, 1.54) is 0 Å². The van der Waals surface area contributed by atoms with Crippen LogP contribution in [-0.2, 0) is 22.6 Å². The number of piperazine rings is 1. The zero-order chi connectivity index (χ0) is 25.9. The van der Waals surface area contributed by atoms with E-state index in [0.29, 0.717) is 51.5 Å². The fourth-order valence-electron chi connectivity index (χ4n) is 4.94. The Balaban J connectivity index is 1.58. The highest BCUT2D eigenvalue weighted by Gasteiger charge is 2.26. The van der Waals surface area contributed by atoms with Crippen molar-refractivity contribution in [3.05, 3.63) is 65.2 Å². The van der Waals surface area contributed by atoms with Gasteiger partial charge in [0.2, 0.25) is 5.91 Å². The van der Waals surface area contributed by atoms with Crippen LogP contribution in [0.2, 0.25) is 0 Å². The van der Waals surface area contributed by atoms with Gasteiger partial charge in [-0.1, -0.05) is 36.4 Å². The number of nitrogens with one attached hydrogen (secondary N) is 1. The molecule has 2 aliphatic heterocycles. The minimum absolute atomic E-state index is 0.00800. The molecule has 1 fully saturated rings. The first-order valence-electron chi connectivity index (χ1n) is 13.4. The summed E-state index contributed by atoms with van der Waals surface area (Å²) in [5.41, 5.74) is 2.64. The summed E-state index contributed by atoms with van der Waals surface area (Å²) in [6.07, 6.45) is 2.81. The van der Waals surface area contributed by atoms with E-state index in [-0.39, 0.29) is 18.4 Å². The fourth-order valence-corrected chi connectivity index (χ4v) is 4.94. The molecule has 2 amide bonds. The van der Waals surface area contributed by atoms with Crippen LogP contribution >= 0.6 is 0 Å². The van der Waals surface area contributed by atoms with Gasteiger partial charge in [0.1, 0.15) is 5.75 Å². The molecule has 2 aromatic carbocycles. The van der Waals surface area contributed by atoms with E-state index >= 15 is 0 Å². The number of rotatable bonds is 6. The largest absolute Gasteiger partial charge is 0.493 e. The number of carbonyl (C=O) groups excluding carboxylic acids is 2. The smallest absolute Gasteiger partial charge is 0.254 e. The second-order valence-corrected chi connectivity index (χ2v) is 9.80. The van der Waals surface area contributed by atoms with Gasteiger partial charge in [-0.15, -0.1) is 0 Å². The third-order valence-corrected chi connectivity index (χ3v) is 7.03. The zero-order valence-electron chi connectivity index (χ0n) is 22.0. The van der Waals surface area contributed by atoms with Gasteiger partial charge < -0.3 is 19.7 Å². The van der Waals surface area contributed by atoms with Crippen molar-refractivity contribution in [1.82, 2.24) is 20.0 Å². The van der Waals surface area contributed by atoms with E-state index < -0.39 is 0 Å². The van der Waals surface area contributed by atoms with Gasteiger partial charge >= 0.3 is 0 Å². The number of benzene rings is 2. The lowest BCUT2D eigenvalue weighted by Crippen LogP contribution is -2.49. The number of carbonyl (C=O) groups is 2. The molecule has 0 spiro atoms. The number of ether oxygens (including phenoxy) is 2. The third-order valence-electron chi connectivity index (χ3n) is 7.03. The van der Waals surface area contributed by atoms with Crippen molar-refractivity contribution in [2.75, 3.05) is 66.1 Å². The van der Waals surface area contributed by atoms with Crippen molar-refractivity contribution in [1.29, 1.82) is 0 Å². The highest BCUT2D eigenvalue weighted by atomic mass is 16.5. The molecule has 0 saturated carbocycles. The SMILES string of the molecule is COCCN1CCN(C(=O)c2cccc3c2CN(Cc2ccccc2)CC(=O)NCCCCCO3)CC1. The summed E-state index contributed by atoms with van der Waals surface area (Å²) in [5, 5.41) is 3.06. The Bertz CT molecular complexity index is 1010. The van der Waals surface area contributed by atoms with Crippen LogP contribution in [0.1, 0.15) is 40.7 Å². The Morgan fingerprint density at radius 1 is 0.946 bits per heavy atom. The van der Waals surface area contributed by atoms with E-state index in [1.807, 2.05) is 41.3 Å². The number of methoxy groups -OCH3 is 1. The summed E-state index contributed by atoms with van der Waals surface area (Å²) < 4.78 is 11.4. The predicted octanol–water partition coefficient (Wildman–Crippen LogP) is 2.77. The van der Waals surface area contributed by atoms with E-state index in [9.17, 15) is 9.59 Å².